The minimum atomic E-state index is -0.652. The van der Waals surface area contributed by atoms with E-state index in [2.05, 4.69) is 20.4 Å². The van der Waals surface area contributed by atoms with Crippen molar-refractivity contribution < 1.29 is 0 Å². The molecule has 0 atom stereocenters. The van der Waals surface area contributed by atoms with Crippen molar-refractivity contribution in [1.82, 2.24) is 19.7 Å². The lowest BCUT2D eigenvalue weighted by Gasteiger charge is -2.07. The van der Waals surface area contributed by atoms with Gasteiger partial charge in [-0.25, -0.2) is 0 Å². The lowest BCUT2D eigenvalue weighted by Crippen LogP contribution is -2.28. The van der Waals surface area contributed by atoms with E-state index in [9.17, 15) is 9.59 Å². The van der Waals surface area contributed by atoms with Crippen LogP contribution < -0.4 is 16.4 Å². The van der Waals surface area contributed by atoms with Gasteiger partial charge >= 0.3 is 11.1 Å². The SMILES string of the molecule is Cn1nccc1CNc1ccc2[nH]c(=O)c(=O)[nH]c2c1. The maximum absolute atomic E-state index is 11.3. The molecule has 2 aromatic heterocycles. The summed E-state index contributed by atoms with van der Waals surface area (Å²) in [5, 5.41) is 7.33. The molecule has 7 heteroatoms. The topological polar surface area (TPSA) is 95.6 Å². The van der Waals surface area contributed by atoms with Gasteiger partial charge in [0.1, 0.15) is 0 Å². The molecule has 0 aliphatic heterocycles. The van der Waals surface area contributed by atoms with Gasteiger partial charge in [0.05, 0.1) is 23.3 Å². The van der Waals surface area contributed by atoms with Gasteiger partial charge in [-0.1, -0.05) is 0 Å². The summed E-state index contributed by atoms with van der Waals surface area (Å²) in [7, 11) is 1.87. The van der Waals surface area contributed by atoms with Crippen LogP contribution in [-0.4, -0.2) is 19.7 Å². The number of aryl methyl sites for hydroxylation is 1. The number of nitrogens with zero attached hydrogens (tertiary/aromatic N) is 2. The van der Waals surface area contributed by atoms with Gasteiger partial charge in [-0.05, 0) is 24.3 Å². The molecule has 0 aliphatic rings. The van der Waals surface area contributed by atoms with Gasteiger partial charge < -0.3 is 15.3 Å². The average Bonchev–Trinajstić information content (AvgIpc) is 2.83. The number of hydrogen-bond donors (Lipinski definition) is 3. The van der Waals surface area contributed by atoms with Crippen LogP contribution in [0.3, 0.4) is 0 Å². The number of nitrogens with one attached hydrogen (secondary N) is 3. The van der Waals surface area contributed by atoms with E-state index in [-0.39, 0.29) is 0 Å². The Bertz CT molecular complexity index is 874. The zero-order chi connectivity index (χ0) is 14.1. The second-order valence-electron chi connectivity index (χ2n) is 4.47. The van der Waals surface area contributed by atoms with Gasteiger partial charge in [0, 0.05) is 18.9 Å². The Labute approximate surface area is 113 Å². The number of hydrogen-bond acceptors (Lipinski definition) is 4. The molecule has 7 nitrogen and oxygen atoms in total. The maximum Gasteiger partial charge on any atom is 0.314 e. The zero-order valence-electron chi connectivity index (χ0n) is 10.8. The molecule has 0 spiro atoms. The molecule has 0 saturated carbocycles. The van der Waals surface area contributed by atoms with Crippen molar-refractivity contribution in [3.8, 4) is 0 Å². The summed E-state index contributed by atoms with van der Waals surface area (Å²) in [6.45, 7) is 0.621. The third kappa shape index (κ3) is 2.20. The molecule has 0 saturated heterocycles. The Balaban J connectivity index is 1.89. The number of aromatic nitrogens is 4. The highest BCUT2D eigenvalue weighted by Crippen LogP contribution is 2.14. The van der Waals surface area contributed by atoms with Crippen molar-refractivity contribution in [1.29, 1.82) is 0 Å². The summed E-state index contributed by atoms with van der Waals surface area (Å²) in [5.74, 6) is 0. The van der Waals surface area contributed by atoms with Crippen LogP contribution in [0.2, 0.25) is 0 Å². The van der Waals surface area contributed by atoms with E-state index in [1.54, 1.807) is 23.0 Å². The molecule has 3 aromatic rings. The Hall–Kier alpha value is -2.83. The molecule has 2 heterocycles. The summed E-state index contributed by atoms with van der Waals surface area (Å²) in [6.07, 6.45) is 1.74. The smallest absolute Gasteiger partial charge is 0.314 e. The first-order valence-corrected chi connectivity index (χ1v) is 6.10. The van der Waals surface area contributed by atoms with Crippen LogP contribution in [-0.2, 0) is 13.6 Å². The highest BCUT2D eigenvalue weighted by Gasteiger charge is 2.02. The van der Waals surface area contributed by atoms with Gasteiger partial charge in [0.25, 0.3) is 0 Å². The lowest BCUT2D eigenvalue weighted by atomic mass is 10.2. The Morgan fingerprint density at radius 1 is 1.15 bits per heavy atom. The Morgan fingerprint density at radius 3 is 2.60 bits per heavy atom. The summed E-state index contributed by atoms with van der Waals surface area (Å²) < 4.78 is 1.79. The van der Waals surface area contributed by atoms with Crippen molar-refractivity contribution in [3.05, 3.63) is 56.9 Å². The first-order chi connectivity index (χ1) is 9.63. The van der Waals surface area contributed by atoms with Crippen molar-refractivity contribution in [2.75, 3.05) is 5.32 Å². The second-order valence-corrected chi connectivity index (χ2v) is 4.47. The fourth-order valence-corrected chi connectivity index (χ4v) is 1.99. The van der Waals surface area contributed by atoms with E-state index in [1.807, 2.05) is 19.2 Å². The molecule has 0 amide bonds. The largest absolute Gasteiger partial charge is 0.379 e. The Morgan fingerprint density at radius 2 is 1.90 bits per heavy atom. The quantitative estimate of drug-likeness (QED) is 0.607. The predicted molar refractivity (Wildman–Crippen MR) is 75.7 cm³/mol. The molecule has 102 valence electrons. The molecule has 0 radical (unpaired) electrons. The molecule has 20 heavy (non-hydrogen) atoms. The second kappa shape index (κ2) is 4.69. The minimum absolute atomic E-state index is 0.588. The molecule has 3 N–H and O–H groups in total. The summed E-state index contributed by atoms with van der Waals surface area (Å²) >= 11 is 0. The van der Waals surface area contributed by atoms with Crippen molar-refractivity contribution in [2.45, 2.75) is 6.54 Å². The summed E-state index contributed by atoms with van der Waals surface area (Å²) in [5.41, 5.74) is 1.78. The van der Waals surface area contributed by atoms with E-state index in [0.29, 0.717) is 17.6 Å². The van der Waals surface area contributed by atoms with Gasteiger partial charge in [-0.15, -0.1) is 0 Å². The average molecular weight is 271 g/mol. The van der Waals surface area contributed by atoms with Crippen LogP contribution in [0, 0.1) is 0 Å². The normalized spacial score (nSPS) is 10.8. The minimum Gasteiger partial charge on any atom is -0.379 e. The number of H-pyrrole nitrogens is 2. The highest BCUT2D eigenvalue weighted by atomic mass is 16.2. The third-order valence-electron chi connectivity index (χ3n) is 3.12. The van der Waals surface area contributed by atoms with Crippen LogP contribution in [0.1, 0.15) is 5.69 Å². The summed E-state index contributed by atoms with van der Waals surface area (Å²) in [6, 6.07) is 7.29. The van der Waals surface area contributed by atoms with E-state index >= 15 is 0 Å². The maximum atomic E-state index is 11.3. The number of benzene rings is 1. The van der Waals surface area contributed by atoms with E-state index in [1.165, 1.54) is 0 Å². The fourth-order valence-electron chi connectivity index (χ4n) is 1.99. The third-order valence-corrected chi connectivity index (χ3v) is 3.12. The molecule has 0 bridgehead atoms. The van der Waals surface area contributed by atoms with Crippen molar-refractivity contribution in [2.24, 2.45) is 7.05 Å². The molecule has 0 unspecified atom stereocenters. The standard InChI is InChI=1S/C13H13N5O2/c1-18-9(4-5-15-18)7-14-8-2-3-10-11(6-8)17-13(20)12(19)16-10/h2-6,14H,7H2,1H3,(H,16,19)(H,17,20). The number of fused-ring (bicyclic) bond motifs is 1. The predicted octanol–water partition coefficient (Wildman–Crippen LogP) is 0.562. The van der Waals surface area contributed by atoms with Crippen LogP contribution in [0.25, 0.3) is 11.0 Å². The van der Waals surface area contributed by atoms with Gasteiger partial charge in [0.2, 0.25) is 0 Å². The molecular weight excluding hydrogens is 258 g/mol. The van der Waals surface area contributed by atoms with Gasteiger partial charge in [0.15, 0.2) is 0 Å². The van der Waals surface area contributed by atoms with Crippen LogP contribution in [0.15, 0.2) is 40.1 Å². The van der Waals surface area contributed by atoms with Gasteiger partial charge in [-0.2, -0.15) is 5.10 Å². The zero-order valence-corrected chi connectivity index (χ0v) is 10.8. The summed E-state index contributed by atoms with van der Waals surface area (Å²) in [4.78, 5) is 27.6. The molecule has 1 aromatic carbocycles. The first kappa shape index (κ1) is 12.2. The van der Waals surface area contributed by atoms with Crippen molar-refractivity contribution in [3.63, 3.8) is 0 Å². The number of rotatable bonds is 3. The molecule has 3 rings (SSSR count). The van der Waals surface area contributed by atoms with E-state index in [4.69, 9.17) is 0 Å². The van der Waals surface area contributed by atoms with E-state index < -0.39 is 11.1 Å². The fraction of sp³-hybridized carbons (Fsp3) is 0.154. The first-order valence-electron chi connectivity index (χ1n) is 6.10. The monoisotopic (exact) mass is 271 g/mol. The van der Waals surface area contributed by atoms with Crippen LogP contribution >= 0.6 is 0 Å². The van der Waals surface area contributed by atoms with Gasteiger partial charge in [-0.3, -0.25) is 14.3 Å². The van der Waals surface area contributed by atoms with Crippen molar-refractivity contribution >= 4 is 16.7 Å². The lowest BCUT2D eigenvalue weighted by molar-refractivity contribution is 0.720. The number of aromatic amines is 2. The van der Waals surface area contributed by atoms with E-state index in [0.717, 1.165) is 11.4 Å². The number of anilines is 1. The Kier molecular flexibility index (Phi) is 2.86. The molecule has 0 aliphatic carbocycles. The molecule has 0 fully saturated rings. The molecular formula is C13H13N5O2. The van der Waals surface area contributed by atoms with Crippen LogP contribution in [0.4, 0.5) is 5.69 Å². The van der Waals surface area contributed by atoms with Crippen LogP contribution in [0.5, 0.6) is 0 Å². The highest BCUT2D eigenvalue weighted by molar-refractivity contribution is 5.78.